The summed E-state index contributed by atoms with van der Waals surface area (Å²) in [6, 6.07) is 8.47. The van der Waals surface area contributed by atoms with Crippen molar-refractivity contribution < 1.29 is 4.79 Å². The summed E-state index contributed by atoms with van der Waals surface area (Å²) < 4.78 is 0. The van der Waals surface area contributed by atoms with Crippen LogP contribution in [0.5, 0.6) is 0 Å². The minimum absolute atomic E-state index is 0.347. The minimum atomic E-state index is -0.803. The van der Waals surface area contributed by atoms with Gasteiger partial charge in [-0.15, -0.1) is 0 Å². The molecule has 0 unspecified atom stereocenters. The zero-order valence-electron chi connectivity index (χ0n) is 7.50. The summed E-state index contributed by atoms with van der Waals surface area (Å²) in [5, 5.41) is 3.32. The van der Waals surface area contributed by atoms with E-state index in [-0.39, 0.29) is 0 Å². The third-order valence-corrected chi connectivity index (χ3v) is 1.79. The molecule has 5 nitrogen and oxygen atoms in total. The van der Waals surface area contributed by atoms with Crippen LogP contribution in [-0.4, -0.2) is 11.9 Å². The van der Waals surface area contributed by atoms with Gasteiger partial charge in [-0.05, 0) is 17.5 Å². The molecule has 1 aromatic carbocycles. The lowest BCUT2D eigenvalue weighted by atomic mass is 10.1. The first-order chi connectivity index (χ1) is 6.74. The number of hydrogen-bond acceptors (Lipinski definition) is 2. The zero-order valence-corrected chi connectivity index (χ0v) is 7.50. The minimum Gasteiger partial charge on any atom is -0.369 e. The van der Waals surface area contributed by atoms with Crippen molar-refractivity contribution in [2.45, 2.75) is 12.5 Å². The van der Waals surface area contributed by atoms with E-state index in [4.69, 9.17) is 11.3 Å². The van der Waals surface area contributed by atoms with Crippen LogP contribution in [0.4, 0.5) is 0 Å². The van der Waals surface area contributed by atoms with E-state index in [2.05, 4.69) is 10.0 Å². The molecule has 2 N–H and O–H groups in total. The van der Waals surface area contributed by atoms with Gasteiger partial charge < -0.3 is 5.73 Å². The molecule has 0 aliphatic carbocycles. The number of carbonyl (C=O) groups excluding carboxylic acids is 1. The van der Waals surface area contributed by atoms with Crippen molar-refractivity contribution in [2.75, 3.05) is 0 Å². The Balaban J connectivity index is 2.75. The maximum absolute atomic E-state index is 10.9. The van der Waals surface area contributed by atoms with Gasteiger partial charge in [0, 0.05) is 4.91 Å². The Morgan fingerprint density at radius 3 is 2.64 bits per heavy atom. The maximum atomic E-state index is 10.9. The highest BCUT2D eigenvalue weighted by molar-refractivity contribution is 5.80. The largest absolute Gasteiger partial charge is 0.369 e. The second kappa shape index (κ2) is 4.89. The molecule has 0 spiro atoms. The number of primary amides is 1. The highest BCUT2D eigenvalue weighted by Gasteiger charge is 2.13. The van der Waals surface area contributed by atoms with E-state index < -0.39 is 11.9 Å². The van der Waals surface area contributed by atoms with Crippen LogP contribution in [0.15, 0.2) is 35.4 Å². The van der Waals surface area contributed by atoms with Crippen LogP contribution in [-0.2, 0) is 11.2 Å². The summed E-state index contributed by atoms with van der Waals surface area (Å²) in [4.78, 5) is 13.4. The third-order valence-electron chi connectivity index (χ3n) is 1.79. The summed E-state index contributed by atoms with van der Waals surface area (Å²) in [5.41, 5.74) is 14.2. The number of nitrogens with two attached hydrogens (primary N) is 1. The van der Waals surface area contributed by atoms with Crippen LogP contribution in [0, 0.1) is 0 Å². The number of rotatable bonds is 4. The number of nitrogens with zero attached hydrogens (tertiary/aromatic N) is 3. The SMILES string of the molecule is [N-]=[N+]=N[C@H](Cc1ccccc1)C(N)=O. The Bertz CT molecular complexity index is 354. The molecule has 72 valence electrons. The molecular weight excluding hydrogens is 180 g/mol. The van der Waals surface area contributed by atoms with E-state index in [0.29, 0.717) is 6.42 Å². The Labute approximate surface area is 81.2 Å². The second-order valence-corrected chi connectivity index (χ2v) is 2.81. The lowest BCUT2D eigenvalue weighted by Crippen LogP contribution is -2.28. The summed E-state index contributed by atoms with van der Waals surface area (Å²) in [6.45, 7) is 0. The van der Waals surface area contributed by atoms with Crippen molar-refractivity contribution in [1.82, 2.24) is 0 Å². The molecule has 0 heterocycles. The monoisotopic (exact) mass is 190 g/mol. The molecule has 1 aromatic rings. The van der Waals surface area contributed by atoms with Gasteiger partial charge >= 0.3 is 0 Å². The average molecular weight is 190 g/mol. The number of hydrogen-bond donors (Lipinski definition) is 1. The first kappa shape index (κ1) is 10.1. The number of benzene rings is 1. The van der Waals surface area contributed by atoms with Crippen LogP contribution in [0.3, 0.4) is 0 Å². The summed E-state index contributed by atoms with van der Waals surface area (Å²) in [6.07, 6.45) is 0.347. The van der Waals surface area contributed by atoms with Crippen molar-refractivity contribution in [1.29, 1.82) is 0 Å². The maximum Gasteiger partial charge on any atom is 0.226 e. The number of azide groups is 1. The fourth-order valence-electron chi connectivity index (χ4n) is 1.10. The molecule has 0 radical (unpaired) electrons. The van der Waals surface area contributed by atoms with Crippen molar-refractivity contribution in [3.05, 3.63) is 46.3 Å². The normalized spacial score (nSPS) is 11.4. The fraction of sp³-hybridized carbons (Fsp3) is 0.222. The Kier molecular flexibility index (Phi) is 3.52. The lowest BCUT2D eigenvalue weighted by molar-refractivity contribution is -0.119. The first-order valence-electron chi connectivity index (χ1n) is 4.11. The first-order valence-corrected chi connectivity index (χ1v) is 4.11. The predicted molar refractivity (Wildman–Crippen MR) is 52.3 cm³/mol. The Hall–Kier alpha value is -2.00. The smallest absolute Gasteiger partial charge is 0.226 e. The summed E-state index contributed by atoms with van der Waals surface area (Å²) >= 11 is 0. The Morgan fingerprint density at radius 1 is 1.50 bits per heavy atom. The van der Waals surface area contributed by atoms with Gasteiger partial charge in [-0.25, -0.2) is 0 Å². The summed E-state index contributed by atoms with van der Waals surface area (Å²) in [5.74, 6) is -0.605. The van der Waals surface area contributed by atoms with Crippen molar-refractivity contribution in [3.63, 3.8) is 0 Å². The van der Waals surface area contributed by atoms with Gasteiger partial charge in [0.25, 0.3) is 0 Å². The molecule has 0 fully saturated rings. The molecule has 0 aliphatic rings. The fourth-order valence-corrected chi connectivity index (χ4v) is 1.10. The highest BCUT2D eigenvalue weighted by Crippen LogP contribution is 2.05. The predicted octanol–water partition coefficient (Wildman–Crippen LogP) is 1.39. The van der Waals surface area contributed by atoms with Crippen LogP contribution < -0.4 is 5.73 Å². The van der Waals surface area contributed by atoms with Gasteiger partial charge in [0.05, 0.1) is 0 Å². The Morgan fingerprint density at radius 2 is 2.14 bits per heavy atom. The second-order valence-electron chi connectivity index (χ2n) is 2.81. The van der Waals surface area contributed by atoms with Crippen molar-refractivity contribution in [2.24, 2.45) is 10.8 Å². The zero-order chi connectivity index (χ0) is 10.4. The lowest BCUT2D eigenvalue weighted by Gasteiger charge is -2.05. The van der Waals surface area contributed by atoms with Crippen LogP contribution in [0.2, 0.25) is 0 Å². The van der Waals surface area contributed by atoms with Crippen molar-refractivity contribution >= 4 is 5.91 Å². The average Bonchev–Trinajstić information content (AvgIpc) is 2.18. The van der Waals surface area contributed by atoms with E-state index in [9.17, 15) is 4.79 Å². The van der Waals surface area contributed by atoms with E-state index in [1.165, 1.54) is 0 Å². The molecule has 5 heteroatoms. The van der Waals surface area contributed by atoms with Gasteiger partial charge in [-0.1, -0.05) is 35.4 Å². The molecule has 0 saturated carbocycles. The van der Waals surface area contributed by atoms with Gasteiger partial charge in [-0.3, -0.25) is 4.79 Å². The summed E-state index contributed by atoms with van der Waals surface area (Å²) in [7, 11) is 0. The van der Waals surface area contributed by atoms with Crippen LogP contribution >= 0.6 is 0 Å². The van der Waals surface area contributed by atoms with Gasteiger partial charge in [0.15, 0.2) is 0 Å². The van der Waals surface area contributed by atoms with Crippen molar-refractivity contribution in [3.8, 4) is 0 Å². The van der Waals surface area contributed by atoms with Gasteiger partial charge in [-0.2, -0.15) is 0 Å². The van der Waals surface area contributed by atoms with Crippen LogP contribution in [0.25, 0.3) is 10.4 Å². The molecular formula is C9H10N4O. The molecule has 0 bridgehead atoms. The molecule has 0 saturated heterocycles. The molecule has 0 aromatic heterocycles. The van der Waals surface area contributed by atoms with E-state index >= 15 is 0 Å². The van der Waals surface area contributed by atoms with E-state index in [0.717, 1.165) is 5.56 Å². The number of amides is 1. The van der Waals surface area contributed by atoms with Gasteiger partial charge in [0.2, 0.25) is 5.91 Å². The molecule has 1 atom stereocenters. The van der Waals surface area contributed by atoms with E-state index in [1.807, 2.05) is 30.3 Å². The quantitative estimate of drug-likeness (QED) is 0.433. The highest BCUT2D eigenvalue weighted by atomic mass is 16.1. The molecule has 1 rings (SSSR count). The molecule has 0 aliphatic heterocycles. The molecule has 14 heavy (non-hydrogen) atoms. The topological polar surface area (TPSA) is 91.8 Å². The van der Waals surface area contributed by atoms with E-state index in [1.54, 1.807) is 0 Å². The molecule has 1 amide bonds. The third kappa shape index (κ3) is 2.80. The number of carbonyl (C=O) groups is 1. The van der Waals surface area contributed by atoms with Crippen LogP contribution in [0.1, 0.15) is 5.56 Å². The standard InChI is InChI=1S/C9H10N4O/c10-9(14)8(12-13-11)6-7-4-2-1-3-5-7/h1-5,8H,6H2,(H2,10,14)/t8-/m1/s1. The van der Waals surface area contributed by atoms with Gasteiger partial charge in [0.1, 0.15) is 6.04 Å².